The maximum Gasteiger partial charge on any atom is 0.247 e. The van der Waals surface area contributed by atoms with Gasteiger partial charge in [-0.1, -0.05) is 6.08 Å². The molecule has 102 valence electrons. The van der Waals surface area contributed by atoms with Crippen LogP contribution in [0.3, 0.4) is 0 Å². The van der Waals surface area contributed by atoms with Crippen LogP contribution in [0.1, 0.15) is 26.7 Å². The van der Waals surface area contributed by atoms with E-state index in [1.165, 1.54) is 0 Å². The zero-order chi connectivity index (χ0) is 13.6. The van der Waals surface area contributed by atoms with Gasteiger partial charge in [-0.25, -0.2) is 0 Å². The monoisotopic (exact) mass is 254 g/mol. The summed E-state index contributed by atoms with van der Waals surface area (Å²) < 4.78 is 5.39. The second kappa shape index (κ2) is 6.54. The molecule has 0 aromatic rings. The molecule has 0 aromatic heterocycles. The number of nitrogens with one attached hydrogen (secondary N) is 1. The first-order chi connectivity index (χ1) is 8.47. The summed E-state index contributed by atoms with van der Waals surface area (Å²) in [6.07, 6.45) is 2.95. The van der Waals surface area contributed by atoms with E-state index >= 15 is 0 Å². The molecule has 0 saturated carbocycles. The standard InChI is InChI=1S/C13H22N2O3/c1-4-5-9-18-10-8-15-7-6-11(16)14-13(2,3)12(15)17/h4H,1,5-10H2,2-3H3,(H,14,16). The van der Waals surface area contributed by atoms with Crippen molar-refractivity contribution in [3.05, 3.63) is 12.7 Å². The fourth-order valence-corrected chi connectivity index (χ4v) is 1.85. The van der Waals surface area contributed by atoms with Crippen LogP contribution in [0.25, 0.3) is 0 Å². The summed E-state index contributed by atoms with van der Waals surface area (Å²) in [5, 5.41) is 2.72. The van der Waals surface area contributed by atoms with Crippen LogP contribution in [0.2, 0.25) is 0 Å². The molecule has 0 bridgehead atoms. The first kappa shape index (κ1) is 14.7. The van der Waals surface area contributed by atoms with Crippen molar-refractivity contribution < 1.29 is 14.3 Å². The topological polar surface area (TPSA) is 58.6 Å². The summed E-state index contributed by atoms with van der Waals surface area (Å²) >= 11 is 0. The average molecular weight is 254 g/mol. The van der Waals surface area contributed by atoms with E-state index in [-0.39, 0.29) is 11.8 Å². The van der Waals surface area contributed by atoms with Crippen LogP contribution in [-0.2, 0) is 14.3 Å². The minimum absolute atomic E-state index is 0.0549. The van der Waals surface area contributed by atoms with E-state index in [4.69, 9.17) is 4.74 Å². The van der Waals surface area contributed by atoms with Gasteiger partial charge in [0.25, 0.3) is 0 Å². The van der Waals surface area contributed by atoms with Crippen molar-refractivity contribution in [2.24, 2.45) is 0 Å². The largest absolute Gasteiger partial charge is 0.379 e. The minimum atomic E-state index is -0.825. The number of rotatable bonds is 6. The Labute approximate surface area is 108 Å². The Morgan fingerprint density at radius 1 is 1.44 bits per heavy atom. The van der Waals surface area contributed by atoms with E-state index < -0.39 is 5.54 Å². The quantitative estimate of drug-likeness (QED) is 0.561. The number of hydrogen-bond donors (Lipinski definition) is 1. The predicted octanol–water partition coefficient (Wildman–Crippen LogP) is 0.706. The maximum absolute atomic E-state index is 12.2. The van der Waals surface area contributed by atoms with Gasteiger partial charge in [0, 0.05) is 19.5 Å². The molecule has 1 N–H and O–H groups in total. The highest BCUT2D eigenvalue weighted by Crippen LogP contribution is 2.12. The Morgan fingerprint density at radius 3 is 2.83 bits per heavy atom. The lowest BCUT2D eigenvalue weighted by atomic mass is 10.0. The van der Waals surface area contributed by atoms with Crippen LogP contribution in [0, 0.1) is 0 Å². The molecule has 1 saturated heterocycles. The van der Waals surface area contributed by atoms with Gasteiger partial charge in [-0.05, 0) is 20.3 Å². The molecule has 0 aliphatic carbocycles. The molecule has 1 aliphatic rings. The van der Waals surface area contributed by atoms with Gasteiger partial charge in [-0.2, -0.15) is 0 Å². The second-order valence-electron chi connectivity index (χ2n) is 4.91. The SMILES string of the molecule is C=CCCOCCN1CCC(=O)NC(C)(C)C1=O. The Balaban J connectivity index is 2.46. The van der Waals surface area contributed by atoms with E-state index in [0.29, 0.717) is 32.7 Å². The van der Waals surface area contributed by atoms with Crippen molar-refractivity contribution in [2.45, 2.75) is 32.2 Å². The zero-order valence-corrected chi connectivity index (χ0v) is 11.2. The number of amides is 2. The predicted molar refractivity (Wildman–Crippen MR) is 69.1 cm³/mol. The summed E-state index contributed by atoms with van der Waals surface area (Å²) in [6.45, 7) is 9.15. The van der Waals surface area contributed by atoms with Crippen molar-refractivity contribution in [2.75, 3.05) is 26.3 Å². The molecule has 1 aliphatic heterocycles. The molecule has 18 heavy (non-hydrogen) atoms. The fourth-order valence-electron chi connectivity index (χ4n) is 1.85. The summed E-state index contributed by atoms with van der Waals surface area (Å²) in [4.78, 5) is 25.3. The molecule has 0 atom stereocenters. The fraction of sp³-hybridized carbons (Fsp3) is 0.692. The molecule has 1 rings (SSSR count). The van der Waals surface area contributed by atoms with Crippen molar-refractivity contribution >= 4 is 11.8 Å². The summed E-state index contributed by atoms with van der Waals surface area (Å²) in [6, 6.07) is 0. The number of nitrogens with zero attached hydrogens (tertiary/aromatic N) is 1. The number of carbonyl (C=O) groups excluding carboxylic acids is 2. The number of carbonyl (C=O) groups is 2. The molecule has 0 aromatic carbocycles. The molecule has 1 fully saturated rings. The smallest absolute Gasteiger partial charge is 0.247 e. The van der Waals surface area contributed by atoms with Gasteiger partial charge < -0.3 is 15.0 Å². The van der Waals surface area contributed by atoms with Crippen molar-refractivity contribution in [3.63, 3.8) is 0 Å². The van der Waals surface area contributed by atoms with Crippen LogP contribution in [0.5, 0.6) is 0 Å². The Bertz CT molecular complexity index is 326. The van der Waals surface area contributed by atoms with E-state index in [1.54, 1.807) is 24.8 Å². The molecule has 0 radical (unpaired) electrons. The summed E-state index contributed by atoms with van der Waals surface area (Å²) in [7, 11) is 0. The minimum Gasteiger partial charge on any atom is -0.379 e. The third-order valence-corrected chi connectivity index (χ3v) is 2.85. The molecule has 0 unspecified atom stereocenters. The lowest BCUT2D eigenvalue weighted by Crippen LogP contribution is -2.53. The van der Waals surface area contributed by atoms with E-state index in [0.717, 1.165) is 6.42 Å². The molecule has 0 spiro atoms. The van der Waals surface area contributed by atoms with Gasteiger partial charge in [0.05, 0.1) is 13.2 Å². The zero-order valence-electron chi connectivity index (χ0n) is 11.2. The molecular weight excluding hydrogens is 232 g/mol. The summed E-state index contributed by atoms with van der Waals surface area (Å²) in [5.74, 6) is -0.135. The van der Waals surface area contributed by atoms with E-state index in [2.05, 4.69) is 11.9 Å². The maximum atomic E-state index is 12.2. The number of hydrogen-bond acceptors (Lipinski definition) is 3. The van der Waals surface area contributed by atoms with E-state index in [9.17, 15) is 9.59 Å². The highest BCUT2D eigenvalue weighted by molar-refractivity contribution is 5.92. The molecule has 2 amide bonds. The van der Waals surface area contributed by atoms with Crippen LogP contribution >= 0.6 is 0 Å². The molecular formula is C13H22N2O3. The Kier molecular flexibility index (Phi) is 5.34. The average Bonchev–Trinajstić information content (AvgIpc) is 2.39. The van der Waals surface area contributed by atoms with E-state index in [1.807, 2.05) is 0 Å². The molecule has 5 nitrogen and oxygen atoms in total. The van der Waals surface area contributed by atoms with Crippen molar-refractivity contribution in [1.82, 2.24) is 10.2 Å². The van der Waals surface area contributed by atoms with Crippen LogP contribution in [-0.4, -0.2) is 48.6 Å². The van der Waals surface area contributed by atoms with Crippen LogP contribution in [0.4, 0.5) is 0 Å². The van der Waals surface area contributed by atoms with Crippen molar-refractivity contribution in [3.8, 4) is 0 Å². The van der Waals surface area contributed by atoms with Crippen LogP contribution in [0.15, 0.2) is 12.7 Å². The first-order valence-corrected chi connectivity index (χ1v) is 6.26. The second-order valence-corrected chi connectivity index (χ2v) is 4.91. The Morgan fingerprint density at radius 2 is 2.17 bits per heavy atom. The molecule has 5 heteroatoms. The third kappa shape index (κ3) is 4.14. The van der Waals surface area contributed by atoms with Gasteiger partial charge in [0.2, 0.25) is 11.8 Å². The van der Waals surface area contributed by atoms with Gasteiger partial charge in [-0.3, -0.25) is 9.59 Å². The lowest BCUT2D eigenvalue weighted by molar-refractivity contribution is -0.138. The highest BCUT2D eigenvalue weighted by atomic mass is 16.5. The van der Waals surface area contributed by atoms with Gasteiger partial charge in [0.15, 0.2) is 0 Å². The molecule has 1 heterocycles. The first-order valence-electron chi connectivity index (χ1n) is 6.26. The van der Waals surface area contributed by atoms with Gasteiger partial charge >= 0.3 is 0 Å². The van der Waals surface area contributed by atoms with Crippen LogP contribution < -0.4 is 5.32 Å². The summed E-state index contributed by atoms with van der Waals surface area (Å²) in [5.41, 5.74) is -0.825. The van der Waals surface area contributed by atoms with Gasteiger partial charge in [0.1, 0.15) is 5.54 Å². The third-order valence-electron chi connectivity index (χ3n) is 2.85. The van der Waals surface area contributed by atoms with Gasteiger partial charge in [-0.15, -0.1) is 6.58 Å². The van der Waals surface area contributed by atoms with Crippen molar-refractivity contribution in [1.29, 1.82) is 0 Å². The normalized spacial score (nSPS) is 19.3. The lowest BCUT2D eigenvalue weighted by Gasteiger charge is -2.28. The number of ether oxygens (including phenoxy) is 1. The Hall–Kier alpha value is -1.36. The highest BCUT2D eigenvalue weighted by Gasteiger charge is 2.36.